The highest BCUT2D eigenvalue weighted by Gasteiger charge is 2.30. The molecular formula is C12H20N4O2S. The van der Waals surface area contributed by atoms with Gasteiger partial charge >= 0.3 is 0 Å². The van der Waals surface area contributed by atoms with Crippen LogP contribution in [0, 0.1) is 0 Å². The summed E-state index contributed by atoms with van der Waals surface area (Å²) in [5, 5.41) is 15.1. The molecule has 106 valence electrons. The average Bonchev–Trinajstić information content (AvgIpc) is 2.85. The zero-order chi connectivity index (χ0) is 13.7. The number of hydrogen-bond donors (Lipinski definition) is 2. The summed E-state index contributed by atoms with van der Waals surface area (Å²) in [7, 11) is 0. The minimum Gasteiger partial charge on any atom is -0.379 e. The maximum Gasteiger partial charge on any atom is 0.282 e. The van der Waals surface area contributed by atoms with Crippen LogP contribution in [-0.2, 0) is 4.74 Å². The number of aromatic nitrogens is 2. The Morgan fingerprint density at radius 2 is 2.37 bits per heavy atom. The summed E-state index contributed by atoms with van der Waals surface area (Å²) < 4.78 is 5.42. The summed E-state index contributed by atoms with van der Waals surface area (Å²) in [6, 6.07) is 0. The van der Waals surface area contributed by atoms with Crippen LogP contribution in [0.25, 0.3) is 0 Å². The molecule has 19 heavy (non-hydrogen) atoms. The maximum absolute atomic E-state index is 12.1. The smallest absolute Gasteiger partial charge is 0.282 e. The lowest BCUT2D eigenvalue weighted by atomic mass is 9.95. The number of ether oxygens (including phenoxy) is 1. The molecule has 0 bridgehead atoms. The van der Waals surface area contributed by atoms with Gasteiger partial charge in [0.1, 0.15) is 0 Å². The molecule has 1 fully saturated rings. The second kappa shape index (κ2) is 6.29. The Hall–Kier alpha value is -1.21. The quantitative estimate of drug-likeness (QED) is 0.860. The van der Waals surface area contributed by atoms with Gasteiger partial charge in [0.15, 0.2) is 0 Å². The van der Waals surface area contributed by atoms with Crippen LogP contribution < -0.4 is 10.6 Å². The predicted octanol–water partition coefficient (Wildman–Crippen LogP) is 1.66. The molecular weight excluding hydrogens is 264 g/mol. The fourth-order valence-corrected chi connectivity index (χ4v) is 2.64. The predicted molar refractivity (Wildman–Crippen MR) is 74.6 cm³/mol. The van der Waals surface area contributed by atoms with Gasteiger partial charge in [-0.3, -0.25) is 4.79 Å². The molecule has 7 heteroatoms. The molecule has 0 saturated carbocycles. The summed E-state index contributed by atoms with van der Waals surface area (Å²) in [6.45, 7) is 6.24. The van der Waals surface area contributed by atoms with Crippen molar-refractivity contribution in [3.63, 3.8) is 0 Å². The maximum atomic E-state index is 12.1. The standard InChI is InChI=1S/C12H20N4O2S/c1-3-6-13-11-16-15-10(19-11)9(17)14-12(2)5-4-7-18-8-12/h3-8H2,1-2H3,(H,13,16)(H,14,17). The third kappa shape index (κ3) is 3.87. The van der Waals surface area contributed by atoms with E-state index in [9.17, 15) is 4.79 Å². The molecule has 1 aromatic heterocycles. The first-order valence-electron chi connectivity index (χ1n) is 6.60. The first kappa shape index (κ1) is 14.2. The minimum atomic E-state index is -0.294. The Morgan fingerprint density at radius 3 is 3.05 bits per heavy atom. The van der Waals surface area contributed by atoms with Crippen molar-refractivity contribution in [2.45, 2.75) is 38.6 Å². The van der Waals surface area contributed by atoms with Crippen molar-refractivity contribution in [1.29, 1.82) is 0 Å². The van der Waals surface area contributed by atoms with Gasteiger partial charge in [0.2, 0.25) is 10.1 Å². The molecule has 2 heterocycles. The molecule has 0 spiro atoms. The van der Waals surface area contributed by atoms with Gasteiger partial charge in [-0.2, -0.15) is 0 Å². The Labute approximate surface area is 116 Å². The number of nitrogens with one attached hydrogen (secondary N) is 2. The largest absolute Gasteiger partial charge is 0.379 e. The van der Waals surface area contributed by atoms with Crippen LogP contribution in [0.4, 0.5) is 5.13 Å². The van der Waals surface area contributed by atoms with E-state index in [2.05, 4.69) is 27.8 Å². The number of carbonyl (C=O) groups is 1. The molecule has 1 atom stereocenters. The van der Waals surface area contributed by atoms with E-state index < -0.39 is 0 Å². The number of amides is 1. The fraction of sp³-hybridized carbons (Fsp3) is 0.750. The Bertz CT molecular complexity index is 429. The zero-order valence-corrected chi connectivity index (χ0v) is 12.2. The third-order valence-corrected chi connectivity index (χ3v) is 3.88. The highest BCUT2D eigenvalue weighted by atomic mass is 32.1. The summed E-state index contributed by atoms with van der Waals surface area (Å²) in [5.41, 5.74) is -0.294. The first-order chi connectivity index (χ1) is 9.13. The molecule has 0 aromatic carbocycles. The zero-order valence-electron chi connectivity index (χ0n) is 11.4. The molecule has 2 N–H and O–H groups in total. The summed E-state index contributed by atoms with van der Waals surface area (Å²) in [4.78, 5) is 12.1. The van der Waals surface area contributed by atoms with Crippen molar-refractivity contribution in [2.75, 3.05) is 25.1 Å². The molecule has 1 unspecified atom stereocenters. The van der Waals surface area contributed by atoms with Crippen LogP contribution in [0.1, 0.15) is 42.9 Å². The van der Waals surface area contributed by atoms with Crippen molar-refractivity contribution in [2.24, 2.45) is 0 Å². The van der Waals surface area contributed by atoms with Crippen LogP contribution in [-0.4, -0.2) is 41.4 Å². The summed E-state index contributed by atoms with van der Waals surface area (Å²) in [5.74, 6) is -0.171. The van der Waals surface area contributed by atoms with Gasteiger partial charge in [0.25, 0.3) is 5.91 Å². The Morgan fingerprint density at radius 1 is 1.53 bits per heavy atom. The number of rotatable bonds is 5. The van der Waals surface area contributed by atoms with E-state index in [-0.39, 0.29) is 11.4 Å². The van der Waals surface area contributed by atoms with Gasteiger partial charge in [0, 0.05) is 13.2 Å². The molecule has 6 nitrogen and oxygen atoms in total. The lowest BCUT2D eigenvalue weighted by Crippen LogP contribution is -2.51. The van der Waals surface area contributed by atoms with Gasteiger partial charge in [-0.25, -0.2) is 0 Å². The molecule has 1 saturated heterocycles. The highest BCUT2D eigenvalue weighted by Crippen LogP contribution is 2.20. The fourth-order valence-electron chi connectivity index (χ4n) is 1.98. The number of anilines is 1. The molecule has 1 aromatic rings. The molecule has 0 aliphatic carbocycles. The van der Waals surface area contributed by atoms with Crippen LogP contribution in [0.3, 0.4) is 0 Å². The van der Waals surface area contributed by atoms with Crippen LogP contribution >= 0.6 is 11.3 Å². The second-order valence-corrected chi connectivity index (χ2v) is 5.99. The van der Waals surface area contributed by atoms with E-state index in [4.69, 9.17) is 4.74 Å². The topological polar surface area (TPSA) is 76.1 Å². The molecule has 1 aliphatic rings. The van der Waals surface area contributed by atoms with E-state index in [1.165, 1.54) is 11.3 Å². The third-order valence-electron chi connectivity index (χ3n) is 3.00. The Kier molecular flexibility index (Phi) is 4.71. The van der Waals surface area contributed by atoms with Crippen LogP contribution in [0.5, 0.6) is 0 Å². The minimum absolute atomic E-state index is 0.171. The van der Waals surface area contributed by atoms with Gasteiger partial charge < -0.3 is 15.4 Å². The van der Waals surface area contributed by atoms with Crippen molar-refractivity contribution < 1.29 is 9.53 Å². The monoisotopic (exact) mass is 284 g/mol. The second-order valence-electron chi connectivity index (χ2n) is 5.01. The van der Waals surface area contributed by atoms with E-state index in [0.29, 0.717) is 16.7 Å². The highest BCUT2D eigenvalue weighted by molar-refractivity contribution is 7.17. The van der Waals surface area contributed by atoms with E-state index >= 15 is 0 Å². The van der Waals surface area contributed by atoms with E-state index in [0.717, 1.165) is 32.4 Å². The van der Waals surface area contributed by atoms with Crippen molar-refractivity contribution in [3.8, 4) is 0 Å². The molecule has 2 rings (SSSR count). The van der Waals surface area contributed by atoms with Crippen molar-refractivity contribution in [1.82, 2.24) is 15.5 Å². The van der Waals surface area contributed by atoms with Crippen LogP contribution in [0.15, 0.2) is 0 Å². The SMILES string of the molecule is CCCNc1nnc(C(=O)NC2(C)CCCOC2)s1. The average molecular weight is 284 g/mol. The van der Waals surface area contributed by atoms with Crippen molar-refractivity contribution in [3.05, 3.63) is 5.01 Å². The van der Waals surface area contributed by atoms with Gasteiger partial charge in [0.05, 0.1) is 12.1 Å². The number of carbonyl (C=O) groups excluding carboxylic acids is 1. The molecule has 0 radical (unpaired) electrons. The van der Waals surface area contributed by atoms with Gasteiger partial charge in [-0.1, -0.05) is 18.3 Å². The number of nitrogens with zero attached hydrogens (tertiary/aromatic N) is 2. The summed E-state index contributed by atoms with van der Waals surface area (Å²) >= 11 is 1.28. The van der Waals surface area contributed by atoms with Gasteiger partial charge in [-0.15, -0.1) is 10.2 Å². The first-order valence-corrected chi connectivity index (χ1v) is 7.42. The van der Waals surface area contributed by atoms with Crippen molar-refractivity contribution >= 4 is 22.4 Å². The lowest BCUT2D eigenvalue weighted by molar-refractivity contribution is 0.0272. The molecule has 1 amide bonds. The van der Waals surface area contributed by atoms with E-state index in [1.807, 2.05) is 6.92 Å². The Balaban J connectivity index is 1.93. The van der Waals surface area contributed by atoms with Crippen LogP contribution in [0.2, 0.25) is 0 Å². The normalized spacial score (nSPS) is 23.1. The van der Waals surface area contributed by atoms with Gasteiger partial charge in [-0.05, 0) is 26.2 Å². The molecule has 1 aliphatic heterocycles. The lowest BCUT2D eigenvalue weighted by Gasteiger charge is -2.33. The summed E-state index contributed by atoms with van der Waals surface area (Å²) in [6.07, 6.45) is 2.91. The van der Waals surface area contributed by atoms with E-state index in [1.54, 1.807) is 0 Å². The number of hydrogen-bond acceptors (Lipinski definition) is 6.